The van der Waals surface area contributed by atoms with Crippen LogP contribution in [0.15, 0.2) is 47.6 Å². The highest BCUT2D eigenvalue weighted by molar-refractivity contribution is 7.98. The molecule has 0 unspecified atom stereocenters. The molecule has 1 N–H and O–H groups in total. The van der Waals surface area contributed by atoms with E-state index in [2.05, 4.69) is 9.97 Å². The summed E-state index contributed by atoms with van der Waals surface area (Å²) in [5, 5.41) is 0.663. The van der Waals surface area contributed by atoms with Gasteiger partial charge in [-0.25, -0.2) is 4.98 Å². The Morgan fingerprint density at radius 3 is 2.75 bits per heavy atom. The predicted octanol–water partition coefficient (Wildman–Crippen LogP) is 5.27. The molecule has 0 bridgehead atoms. The predicted molar refractivity (Wildman–Crippen MR) is 88.3 cm³/mol. The number of aromatic nitrogens is 2. The number of halogens is 3. The number of fused-ring (bicyclic) bond motifs is 1. The fraction of sp³-hybridized carbons (Fsp3) is 0.235. The van der Waals surface area contributed by atoms with Gasteiger partial charge in [0.15, 0.2) is 5.16 Å². The number of benzene rings is 2. The molecule has 0 aliphatic carbocycles. The average Bonchev–Trinajstić information content (AvgIpc) is 2.95. The molecule has 0 spiro atoms. The fourth-order valence-corrected chi connectivity index (χ4v) is 3.11. The van der Waals surface area contributed by atoms with Crippen LogP contribution in [0.2, 0.25) is 0 Å². The van der Waals surface area contributed by atoms with Crippen molar-refractivity contribution in [2.24, 2.45) is 0 Å². The van der Waals surface area contributed by atoms with E-state index in [0.717, 1.165) is 22.8 Å². The minimum atomic E-state index is -4.32. The van der Waals surface area contributed by atoms with Crippen molar-refractivity contribution < 1.29 is 17.9 Å². The van der Waals surface area contributed by atoms with Crippen LogP contribution >= 0.6 is 11.8 Å². The molecule has 3 nitrogen and oxygen atoms in total. The molecule has 0 saturated heterocycles. The maximum Gasteiger partial charge on any atom is 0.416 e. The van der Waals surface area contributed by atoms with Crippen molar-refractivity contribution in [2.75, 3.05) is 6.61 Å². The van der Waals surface area contributed by atoms with E-state index in [9.17, 15) is 13.2 Å². The van der Waals surface area contributed by atoms with Gasteiger partial charge in [0.2, 0.25) is 0 Å². The molecule has 0 atom stereocenters. The van der Waals surface area contributed by atoms with E-state index < -0.39 is 11.7 Å². The summed E-state index contributed by atoms with van der Waals surface area (Å²) in [7, 11) is 0. The van der Waals surface area contributed by atoms with Crippen LogP contribution in [0.3, 0.4) is 0 Å². The van der Waals surface area contributed by atoms with Crippen LogP contribution < -0.4 is 4.74 Å². The Kier molecular flexibility index (Phi) is 4.71. The molecule has 7 heteroatoms. The molecule has 1 aromatic heterocycles. The van der Waals surface area contributed by atoms with Crippen LogP contribution in [0.4, 0.5) is 13.2 Å². The smallest absolute Gasteiger partial charge is 0.416 e. The number of imidazole rings is 1. The molecule has 0 aliphatic rings. The van der Waals surface area contributed by atoms with Gasteiger partial charge in [-0.05, 0) is 30.7 Å². The van der Waals surface area contributed by atoms with Gasteiger partial charge in [-0.1, -0.05) is 30.0 Å². The van der Waals surface area contributed by atoms with E-state index >= 15 is 0 Å². The standard InChI is InChI=1S/C17H15F3N2OS/c1-2-23-13-6-7-14-15(9-13)22-16(21-14)24-10-11-4-3-5-12(8-11)17(18,19)20/h3-9H,2,10H2,1H3,(H,21,22). The van der Waals surface area contributed by atoms with Crippen LogP contribution in [-0.4, -0.2) is 16.6 Å². The van der Waals surface area contributed by atoms with E-state index in [1.54, 1.807) is 6.07 Å². The molecular weight excluding hydrogens is 337 g/mol. The minimum Gasteiger partial charge on any atom is -0.494 e. The lowest BCUT2D eigenvalue weighted by Gasteiger charge is -2.07. The maximum absolute atomic E-state index is 12.7. The van der Waals surface area contributed by atoms with Crippen LogP contribution in [0, 0.1) is 0 Å². The van der Waals surface area contributed by atoms with Gasteiger partial charge in [-0.2, -0.15) is 13.2 Å². The molecule has 2 aromatic carbocycles. The summed E-state index contributed by atoms with van der Waals surface area (Å²) in [6.07, 6.45) is -4.32. The normalized spacial score (nSPS) is 11.8. The first-order valence-corrected chi connectivity index (χ1v) is 8.36. The lowest BCUT2D eigenvalue weighted by molar-refractivity contribution is -0.137. The highest BCUT2D eigenvalue weighted by atomic mass is 32.2. The zero-order valence-electron chi connectivity index (χ0n) is 12.9. The molecule has 0 saturated carbocycles. The molecule has 0 amide bonds. The quantitative estimate of drug-likeness (QED) is 0.636. The van der Waals surface area contributed by atoms with Crippen molar-refractivity contribution in [3.63, 3.8) is 0 Å². The largest absolute Gasteiger partial charge is 0.494 e. The Morgan fingerprint density at radius 2 is 2.00 bits per heavy atom. The number of thioether (sulfide) groups is 1. The topological polar surface area (TPSA) is 37.9 Å². The summed E-state index contributed by atoms with van der Waals surface area (Å²) in [6.45, 7) is 2.49. The third kappa shape index (κ3) is 3.84. The van der Waals surface area contributed by atoms with Crippen molar-refractivity contribution in [2.45, 2.75) is 24.0 Å². The first-order valence-electron chi connectivity index (χ1n) is 7.37. The number of H-pyrrole nitrogens is 1. The van der Waals surface area contributed by atoms with Gasteiger partial charge in [0, 0.05) is 11.8 Å². The molecule has 3 aromatic rings. The second kappa shape index (κ2) is 6.76. The molecule has 0 aliphatic heterocycles. The average molecular weight is 352 g/mol. The highest BCUT2D eigenvalue weighted by Crippen LogP contribution is 2.31. The number of hydrogen-bond acceptors (Lipinski definition) is 3. The maximum atomic E-state index is 12.7. The molecule has 1 heterocycles. The van der Waals surface area contributed by atoms with Crippen molar-refractivity contribution in [1.29, 1.82) is 0 Å². The van der Waals surface area contributed by atoms with Crippen LogP contribution in [0.1, 0.15) is 18.1 Å². The first kappa shape index (κ1) is 16.7. The Balaban J connectivity index is 1.74. The van der Waals surface area contributed by atoms with Crippen molar-refractivity contribution in [1.82, 2.24) is 9.97 Å². The zero-order chi connectivity index (χ0) is 17.2. The van der Waals surface area contributed by atoms with Gasteiger partial charge in [0.05, 0.1) is 23.2 Å². The highest BCUT2D eigenvalue weighted by Gasteiger charge is 2.30. The second-order valence-corrected chi connectivity index (χ2v) is 6.10. The van der Waals surface area contributed by atoms with Gasteiger partial charge in [-0.3, -0.25) is 0 Å². The number of alkyl halides is 3. The number of ether oxygens (including phenoxy) is 1. The summed E-state index contributed by atoms with van der Waals surface area (Å²) in [5.41, 5.74) is 1.61. The summed E-state index contributed by atoms with van der Waals surface area (Å²) >= 11 is 1.36. The van der Waals surface area contributed by atoms with Crippen molar-refractivity contribution in [3.05, 3.63) is 53.6 Å². The summed E-state index contributed by atoms with van der Waals surface area (Å²) in [4.78, 5) is 7.59. The van der Waals surface area contributed by atoms with E-state index in [1.165, 1.54) is 23.9 Å². The van der Waals surface area contributed by atoms with E-state index in [4.69, 9.17) is 4.74 Å². The lowest BCUT2D eigenvalue weighted by Crippen LogP contribution is -2.04. The Hall–Kier alpha value is -2.15. The number of hydrogen-bond donors (Lipinski definition) is 1. The van der Waals surface area contributed by atoms with Gasteiger partial charge >= 0.3 is 6.18 Å². The Labute approximate surface area is 141 Å². The molecule has 3 rings (SSSR count). The number of rotatable bonds is 5. The van der Waals surface area contributed by atoms with E-state index in [0.29, 0.717) is 23.1 Å². The van der Waals surface area contributed by atoms with Crippen LogP contribution in [0.25, 0.3) is 11.0 Å². The Bertz CT molecular complexity index is 845. The third-order valence-electron chi connectivity index (χ3n) is 3.37. The fourth-order valence-electron chi connectivity index (χ4n) is 2.28. The number of aromatic amines is 1. The second-order valence-electron chi connectivity index (χ2n) is 5.14. The van der Waals surface area contributed by atoms with Crippen LogP contribution in [-0.2, 0) is 11.9 Å². The van der Waals surface area contributed by atoms with Crippen molar-refractivity contribution >= 4 is 22.8 Å². The monoisotopic (exact) mass is 352 g/mol. The molecule has 126 valence electrons. The minimum absolute atomic E-state index is 0.405. The summed E-state index contributed by atoms with van der Waals surface area (Å²) in [5.74, 6) is 1.16. The van der Waals surface area contributed by atoms with E-state index in [1.807, 2.05) is 25.1 Å². The SMILES string of the molecule is CCOc1ccc2nc(SCc3cccc(C(F)(F)F)c3)[nH]c2c1. The van der Waals surface area contributed by atoms with Gasteiger partial charge in [0.1, 0.15) is 5.75 Å². The Morgan fingerprint density at radius 1 is 1.17 bits per heavy atom. The molecule has 0 radical (unpaired) electrons. The lowest BCUT2D eigenvalue weighted by atomic mass is 10.1. The van der Waals surface area contributed by atoms with E-state index in [-0.39, 0.29) is 0 Å². The van der Waals surface area contributed by atoms with Crippen molar-refractivity contribution in [3.8, 4) is 5.75 Å². The van der Waals surface area contributed by atoms with Gasteiger partial charge < -0.3 is 9.72 Å². The van der Waals surface area contributed by atoms with Crippen LogP contribution in [0.5, 0.6) is 5.75 Å². The molecular formula is C17H15F3N2OS. The molecule has 24 heavy (non-hydrogen) atoms. The van der Waals surface area contributed by atoms with Gasteiger partial charge in [0.25, 0.3) is 0 Å². The number of nitrogens with one attached hydrogen (secondary N) is 1. The van der Waals surface area contributed by atoms with Gasteiger partial charge in [-0.15, -0.1) is 0 Å². The summed E-state index contributed by atoms with van der Waals surface area (Å²) < 4.78 is 43.6. The molecule has 0 fully saturated rings. The summed E-state index contributed by atoms with van der Waals surface area (Å²) in [6, 6.07) is 10.9. The number of nitrogens with zero attached hydrogens (tertiary/aromatic N) is 1. The zero-order valence-corrected chi connectivity index (χ0v) is 13.7. The first-order chi connectivity index (χ1) is 11.5. The third-order valence-corrected chi connectivity index (χ3v) is 4.32.